The molecule has 1 atom stereocenters. The predicted octanol–water partition coefficient (Wildman–Crippen LogP) is 3.63. The molecule has 0 spiro atoms. The molecule has 1 amide bonds. The molecular formula is C18H17ClFN5O2. The fourth-order valence-electron chi connectivity index (χ4n) is 2.58. The van der Waals surface area contributed by atoms with Gasteiger partial charge in [0.1, 0.15) is 11.6 Å². The second kappa shape index (κ2) is 7.71. The minimum absolute atomic E-state index is 0.0980. The Hall–Kier alpha value is -3.00. The Kier molecular flexibility index (Phi) is 5.36. The molecule has 0 unspecified atom stereocenters. The van der Waals surface area contributed by atoms with Gasteiger partial charge in [0.2, 0.25) is 11.9 Å². The molecule has 0 aliphatic carbocycles. The monoisotopic (exact) mass is 389 g/mol. The minimum Gasteiger partial charge on any atom is -0.347 e. The number of H-pyrrole nitrogens is 1. The Morgan fingerprint density at radius 2 is 2.15 bits per heavy atom. The standard InChI is InChI=1S/C18H17ClFN5O2/c1-3-15(26)23-14-4-5-21-18(24-14)22-9(2)12-7-10-6-11(19)8-13(20)16(10)25-17(12)27/h4-9H,3H2,1-2H3,(H,25,27)(H2,21,22,23,24,26)/t9-/m0/s1. The van der Waals surface area contributed by atoms with Gasteiger partial charge in [0.25, 0.3) is 5.56 Å². The number of benzene rings is 1. The van der Waals surface area contributed by atoms with Gasteiger partial charge in [0, 0.05) is 28.6 Å². The van der Waals surface area contributed by atoms with Crippen LogP contribution in [0.5, 0.6) is 0 Å². The van der Waals surface area contributed by atoms with Crippen LogP contribution >= 0.6 is 11.6 Å². The molecule has 1 aromatic carbocycles. The van der Waals surface area contributed by atoms with E-state index in [2.05, 4.69) is 25.6 Å². The van der Waals surface area contributed by atoms with Crippen LogP contribution in [0.25, 0.3) is 10.9 Å². The molecule has 2 heterocycles. The molecule has 0 saturated heterocycles. The molecule has 27 heavy (non-hydrogen) atoms. The maximum absolute atomic E-state index is 14.0. The molecule has 140 valence electrons. The van der Waals surface area contributed by atoms with Crippen molar-refractivity contribution in [3.05, 3.63) is 57.2 Å². The second-order valence-corrected chi connectivity index (χ2v) is 6.38. The molecule has 0 saturated carbocycles. The lowest BCUT2D eigenvalue weighted by Gasteiger charge is -2.15. The molecule has 0 bridgehead atoms. The van der Waals surface area contributed by atoms with E-state index < -0.39 is 17.4 Å². The fourth-order valence-corrected chi connectivity index (χ4v) is 2.79. The van der Waals surface area contributed by atoms with Crippen molar-refractivity contribution in [3.8, 4) is 0 Å². The van der Waals surface area contributed by atoms with Crippen molar-refractivity contribution in [2.24, 2.45) is 0 Å². The lowest BCUT2D eigenvalue weighted by molar-refractivity contribution is -0.115. The summed E-state index contributed by atoms with van der Waals surface area (Å²) in [6.07, 6.45) is 1.82. The smallest absolute Gasteiger partial charge is 0.253 e. The molecule has 9 heteroatoms. The number of aromatic amines is 1. The van der Waals surface area contributed by atoms with Crippen molar-refractivity contribution in [3.63, 3.8) is 0 Å². The largest absolute Gasteiger partial charge is 0.347 e. The third kappa shape index (κ3) is 4.22. The second-order valence-electron chi connectivity index (χ2n) is 5.94. The van der Waals surface area contributed by atoms with Gasteiger partial charge >= 0.3 is 0 Å². The summed E-state index contributed by atoms with van der Waals surface area (Å²) < 4.78 is 14.0. The fraction of sp³-hybridized carbons (Fsp3) is 0.222. The van der Waals surface area contributed by atoms with Gasteiger partial charge in [-0.25, -0.2) is 9.37 Å². The van der Waals surface area contributed by atoms with Gasteiger partial charge in [0.05, 0.1) is 11.6 Å². The third-order valence-corrected chi connectivity index (χ3v) is 4.17. The van der Waals surface area contributed by atoms with Gasteiger partial charge < -0.3 is 15.6 Å². The van der Waals surface area contributed by atoms with E-state index in [9.17, 15) is 14.0 Å². The van der Waals surface area contributed by atoms with Gasteiger partial charge in [-0.05, 0) is 31.2 Å². The van der Waals surface area contributed by atoms with Crippen molar-refractivity contribution < 1.29 is 9.18 Å². The average Bonchev–Trinajstić information content (AvgIpc) is 2.62. The number of aromatic nitrogens is 3. The van der Waals surface area contributed by atoms with Crippen molar-refractivity contribution in [1.29, 1.82) is 0 Å². The Labute approximate surface area is 159 Å². The zero-order valence-electron chi connectivity index (χ0n) is 14.6. The van der Waals surface area contributed by atoms with Gasteiger partial charge in [-0.2, -0.15) is 4.98 Å². The number of carbonyl (C=O) groups is 1. The number of nitrogens with zero attached hydrogens (tertiary/aromatic N) is 2. The molecule has 0 aliphatic heterocycles. The van der Waals surface area contributed by atoms with E-state index in [1.165, 1.54) is 6.20 Å². The van der Waals surface area contributed by atoms with E-state index in [0.29, 0.717) is 23.2 Å². The number of carbonyl (C=O) groups excluding carboxylic acids is 1. The third-order valence-electron chi connectivity index (χ3n) is 3.95. The Morgan fingerprint density at radius 3 is 2.89 bits per heavy atom. The number of halogens is 2. The van der Waals surface area contributed by atoms with E-state index in [4.69, 9.17) is 11.6 Å². The maximum Gasteiger partial charge on any atom is 0.253 e. The summed E-state index contributed by atoms with van der Waals surface area (Å²) in [5, 5.41) is 6.36. The van der Waals surface area contributed by atoms with Crippen molar-refractivity contribution in [2.75, 3.05) is 10.6 Å². The van der Waals surface area contributed by atoms with Gasteiger partial charge in [-0.3, -0.25) is 9.59 Å². The quantitative estimate of drug-likeness (QED) is 0.618. The lowest BCUT2D eigenvalue weighted by atomic mass is 10.1. The minimum atomic E-state index is -0.593. The maximum atomic E-state index is 14.0. The van der Waals surface area contributed by atoms with E-state index >= 15 is 0 Å². The first-order valence-electron chi connectivity index (χ1n) is 8.28. The topological polar surface area (TPSA) is 99.8 Å². The number of pyridine rings is 1. The molecule has 3 rings (SSSR count). The zero-order valence-corrected chi connectivity index (χ0v) is 15.4. The zero-order chi connectivity index (χ0) is 19.6. The first kappa shape index (κ1) is 18.8. The molecule has 0 radical (unpaired) electrons. The van der Waals surface area contributed by atoms with Crippen LogP contribution in [0, 0.1) is 5.82 Å². The van der Waals surface area contributed by atoms with Crippen molar-refractivity contribution in [1.82, 2.24) is 15.0 Å². The highest BCUT2D eigenvalue weighted by Crippen LogP contribution is 2.23. The van der Waals surface area contributed by atoms with Crippen LogP contribution in [0.1, 0.15) is 31.9 Å². The van der Waals surface area contributed by atoms with Crippen LogP contribution in [0.2, 0.25) is 5.02 Å². The Morgan fingerprint density at radius 1 is 1.37 bits per heavy atom. The summed E-state index contributed by atoms with van der Waals surface area (Å²) in [4.78, 5) is 34.7. The summed E-state index contributed by atoms with van der Waals surface area (Å²) in [6.45, 7) is 3.48. The van der Waals surface area contributed by atoms with Crippen LogP contribution in [0.3, 0.4) is 0 Å². The number of hydrogen-bond donors (Lipinski definition) is 3. The predicted molar refractivity (Wildman–Crippen MR) is 103 cm³/mol. The summed E-state index contributed by atoms with van der Waals surface area (Å²) >= 11 is 5.89. The number of anilines is 2. The van der Waals surface area contributed by atoms with E-state index in [0.717, 1.165) is 6.07 Å². The summed E-state index contributed by atoms with van der Waals surface area (Å²) in [5.41, 5.74) is 0.0378. The van der Waals surface area contributed by atoms with Crippen molar-refractivity contribution in [2.45, 2.75) is 26.3 Å². The molecular weight excluding hydrogens is 373 g/mol. The first-order valence-corrected chi connectivity index (χ1v) is 8.66. The van der Waals surface area contributed by atoms with Gasteiger partial charge in [-0.15, -0.1) is 0 Å². The summed E-state index contributed by atoms with van der Waals surface area (Å²) in [7, 11) is 0. The van der Waals surface area contributed by atoms with Crippen LogP contribution in [-0.2, 0) is 4.79 Å². The molecule has 0 aliphatic rings. The number of rotatable bonds is 5. The van der Waals surface area contributed by atoms with Crippen LogP contribution in [0.4, 0.5) is 16.2 Å². The van der Waals surface area contributed by atoms with E-state index in [-0.39, 0.29) is 22.4 Å². The molecule has 0 fully saturated rings. The van der Waals surface area contributed by atoms with Gasteiger partial charge in [-0.1, -0.05) is 18.5 Å². The Bertz CT molecular complexity index is 1070. The molecule has 3 aromatic rings. The highest BCUT2D eigenvalue weighted by atomic mass is 35.5. The SMILES string of the molecule is CCC(=O)Nc1ccnc(N[C@@H](C)c2cc3cc(Cl)cc(F)c3[nH]c2=O)n1. The van der Waals surface area contributed by atoms with E-state index in [1.807, 2.05) is 0 Å². The average molecular weight is 390 g/mol. The number of amides is 1. The number of nitrogens with one attached hydrogen (secondary N) is 3. The molecule has 2 aromatic heterocycles. The molecule has 7 nitrogen and oxygen atoms in total. The summed E-state index contributed by atoms with van der Waals surface area (Å²) in [6, 6.07) is 5.38. The van der Waals surface area contributed by atoms with Crippen LogP contribution < -0.4 is 16.2 Å². The molecule has 3 N–H and O–H groups in total. The van der Waals surface area contributed by atoms with Crippen LogP contribution in [0.15, 0.2) is 35.3 Å². The van der Waals surface area contributed by atoms with Crippen LogP contribution in [-0.4, -0.2) is 20.9 Å². The Balaban J connectivity index is 1.89. The normalized spacial score (nSPS) is 12.0. The highest BCUT2D eigenvalue weighted by Gasteiger charge is 2.15. The first-order chi connectivity index (χ1) is 12.9. The van der Waals surface area contributed by atoms with E-state index in [1.54, 1.807) is 32.0 Å². The van der Waals surface area contributed by atoms with Gasteiger partial charge in [0.15, 0.2) is 0 Å². The number of fused-ring (bicyclic) bond motifs is 1. The lowest BCUT2D eigenvalue weighted by Crippen LogP contribution is -2.21. The number of hydrogen-bond acceptors (Lipinski definition) is 5. The van der Waals surface area contributed by atoms with Crippen molar-refractivity contribution >= 4 is 40.2 Å². The summed E-state index contributed by atoms with van der Waals surface area (Å²) in [5.74, 6) is -0.164. The highest BCUT2D eigenvalue weighted by molar-refractivity contribution is 6.31.